The van der Waals surface area contributed by atoms with E-state index in [9.17, 15) is 4.79 Å². The van der Waals surface area contributed by atoms with E-state index in [4.69, 9.17) is 0 Å². The third kappa shape index (κ3) is 3.68. The molecule has 4 rings (SSSR count). The number of carbonyl (C=O) groups excluding carboxylic acids is 1. The summed E-state index contributed by atoms with van der Waals surface area (Å²) in [5.74, 6) is 0.411. The first-order valence-corrected chi connectivity index (χ1v) is 9.00. The van der Waals surface area contributed by atoms with Crippen molar-refractivity contribution in [1.82, 2.24) is 30.3 Å². The lowest BCUT2D eigenvalue weighted by molar-refractivity contribution is 0.0943. The van der Waals surface area contributed by atoms with Crippen LogP contribution in [0.4, 0.5) is 0 Å². The summed E-state index contributed by atoms with van der Waals surface area (Å²) in [7, 11) is 1.77. The molecule has 7 heteroatoms. The van der Waals surface area contributed by atoms with Gasteiger partial charge in [-0.2, -0.15) is 10.2 Å². The van der Waals surface area contributed by atoms with Crippen LogP contribution in [0.25, 0.3) is 11.3 Å². The predicted octanol–water partition coefficient (Wildman–Crippen LogP) is 2.77. The highest BCUT2D eigenvalue weighted by Crippen LogP contribution is 2.21. The first-order chi connectivity index (χ1) is 13.7. The number of hydrogen-bond donors (Lipinski definition) is 2. The fourth-order valence-electron chi connectivity index (χ4n) is 3.16. The molecule has 7 nitrogen and oxygen atoms in total. The van der Waals surface area contributed by atoms with Gasteiger partial charge in [0.1, 0.15) is 17.8 Å². The lowest BCUT2D eigenvalue weighted by Gasteiger charge is -2.15. The van der Waals surface area contributed by atoms with Gasteiger partial charge in [0.05, 0.1) is 11.6 Å². The summed E-state index contributed by atoms with van der Waals surface area (Å²) in [5.41, 5.74) is 3.29. The van der Waals surface area contributed by atoms with E-state index < -0.39 is 0 Å². The molecule has 140 valence electrons. The Morgan fingerprint density at radius 2 is 1.82 bits per heavy atom. The summed E-state index contributed by atoms with van der Waals surface area (Å²) in [6, 6.07) is 21.5. The third-order valence-electron chi connectivity index (χ3n) is 4.61. The largest absolute Gasteiger partial charge is 0.350 e. The van der Waals surface area contributed by atoms with Crippen molar-refractivity contribution in [2.75, 3.05) is 6.54 Å². The molecule has 0 radical (unpaired) electrons. The van der Waals surface area contributed by atoms with Gasteiger partial charge in [0.25, 0.3) is 5.91 Å². The van der Waals surface area contributed by atoms with Gasteiger partial charge in [0.2, 0.25) is 0 Å². The lowest BCUT2D eigenvalue weighted by Crippen LogP contribution is -2.30. The third-order valence-corrected chi connectivity index (χ3v) is 4.61. The van der Waals surface area contributed by atoms with E-state index in [-0.39, 0.29) is 11.8 Å². The predicted molar refractivity (Wildman–Crippen MR) is 106 cm³/mol. The van der Waals surface area contributed by atoms with Gasteiger partial charge in [0.15, 0.2) is 0 Å². The number of aromatic nitrogens is 5. The van der Waals surface area contributed by atoms with Gasteiger partial charge in [-0.3, -0.25) is 14.6 Å². The zero-order chi connectivity index (χ0) is 19.3. The maximum Gasteiger partial charge on any atom is 0.269 e. The second-order valence-corrected chi connectivity index (χ2v) is 6.45. The molecular formula is C21H20N6O. The van der Waals surface area contributed by atoms with Crippen LogP contribution in [0, 0.1) is 0 Å². The molecule has 2 aromatic heterocycles. The van der Waals surface area contributed by atoms with Crippen LogP contribution < -0.4 is 5.32 Å². The average Bonchev–Trinajstić information content (AvgIpc) is 3.40. The first kappa shape index (κ1) is 17.7. The standard InChI is InChI=1S/C21H20N6O/c1-27-19(12-18(26-27)16-10-6-3-7-11-16)21(28)22-13-17(20-23-14-24-25-20)15-8-4-2-5-9-15/h2-12,14,17H,13H2,1H3,(H,22,28)(H,23,24,25). The Balaban J connectivity index is 1.52. The van der Waals surface area contributed by atoms with E-state index in [1.165, 1.54) is 6.33 Å². The van der Waals surface area contributed by atoms with E-state index >= 15 is 0 Å². The van der Waals surface area contributed by atoms with Crippen LogP contribution in [0.5, 0.6) is 0 Å². The second-order valence-electron chi connectivity index (χ2n) is 6.45. The van der Waals surface area contributed by atoms with Gasteiger partial charge < -0.3 is 5.32 Å². The van der Waals surface area contributed by atoms with Crippen molar-refractivity contribution >= 4 is 5.91 Å². The Labute approximate surface area is 162 Å². The van der Waals surface area contributed by atoms with Crippen molar-refractivity contribution in [3.63, 3.8) is 0 Å². The van der Waals surface area contributed by atoms with Crippen LogP contribution in [-0.4, -0.2) is 37.4 Å². The maximum absolute atomic E-state index is 12.8. The van der Waals surface area contributed by atoms with Crippen LogP contribution >= 0.6 is 0 Å². The van der Waals surface area contributed by atoms with Gasteiger partial charge in [-0.15, -0.1) is 0 Å². The van der Waals surface area contributed by atoms with E-state index in [1.807, 2.05) is 60.7 Å². The first-order valence-electron chi connectivity index (χ1n) is 9.00. The number of carbonyl (C=O) groups is 1. The second kappa shape index (κ2) is 7.87. The molecule has 0 saturated carbocycles. The summed E-state index contributed by atoms with van der Waals surface area (Å²) >= 11 is 0. The van der Waals surface area contributed by atoms with Crippen LogP contribution in [0.2, 0.25) is 0 Å². The zero-order valence-electron chi connectivity index (χ0n) is 15.4. The molecule has 0 fully saturated rings. The van der Waals surface area contributed by atoms with Gasteiger partial charge >= 0.3 is 0 Å². The average molecular weight is 372 g/mol. The molecule has 1 unspecified atom stereocenters. The molecule has 0 bridgehead atoms. The van der Waals surface area contributed by atoms with E-state index in [0.29, 0.717) is 18.1 Å². The minimum Gasteiger partial charge on any atom is -0.350 e. The number of hydrogen-bond acceptors (Lipinski definition) is 4. The summed E-state index contributed by atoms with van der Waals surface area (Å²) in [5, 5.41) is 14.3. The smallest absolute Gasteiger partial charge is 0.269 e. The van der Waals surface area contributed by atoms with Crippen LogP contribution in [0.15, 0.2) is 73.1 Å². The number of H-pyrrole nitrogens is 1. The lowest BCUT2D eigenvalue weighted by atomic mass is 9.98. The maximum atomic E-state index is 12.8. The monoisotopic (exact) mass is 372 g/mol. The molecule has 0 spiro atoms. The van der Waals surface area contributed by atoms with E-state index in [0.717, 1.165) is 16.8 Å². The van der Waals surface area contributed by atoms with Gasteiger partial charge in [0, 0.05) is 19.2 Å². The van der Waals surface area contributed by atoms with Gasteiger partial charge in [-0.25, -0.2) is 4.98 Å². The molecule has 2 heterocycles. The van der Waals surface area contributed by atoms with E-state index in [2.05, 4.69) is 25.6 Å². The zero-order valence-corrected chi connectivity index (χ0v) is 15.4. The van der Waals surface area contributed by atoms with Crippen molar-refractivity contribution in [2.24, 2.45) is 7.05 Å². The molecular weight excluding hydrogens is 352 g/mol. The number of benzene rings is 2. The molecule has 2 N–H and O–H groups in total. The summed E-state index contributed by atoms with van der Waals surface area (Å²) < 4.78 is 1.60. The molecule has 1 amide bonds. The molecule has 0 aliphatic rings. The Bertz CT molecular complexity index is 1040. The molecule has 28 heavy (non-hydrogen) atoms. The molecule has 2 aromatic carbocycles. The highest BCUT2D eigenvalue weighted by molar-refractivity contribution is 5.93. The minimum absolute atomic E-state index is 0.116. The highest BCUT2D eigenvalue weighted by atomic mass is 16.2. The Kier molecular flexibility index (Phi) is 4.97. The molecule has 0 aliphatic heterocycles. The topological polar surface area (TPSA) is 88.5 Å². The number of nitrogens with one attached hydrogen (secondary N) is 2. The van der Waals surface area contributed by atoms with Crippen LogP contribution in [0.3, 0.4) is 0 Å². The number of aryl methyl sites for hydroxylation is 1. The van der Waals surface area contributed by atoms with Crippen molar-refractivity contribution in [1.29, 1.82) is 0 Å². The number of rotatable bonds is 6. The fourth-order valence-corrected chi connectivity index (χ4v) is 3.16. The van der Waals surface area contributed by atoms with Crippen molar-refractivity contribution < 1.29 is 4.79 Å². The SMILES string of the molecule is Cn1nc(-c2ccccc2)cc1C(=O)NCC(c1ccccc1)c1ncn[nH]1. The minimum atomic E-state index is -0.183. The highest BCUT2D eigenvalue weighted by Gasteiger charge is 2.20. The molecule has 0 aliphatic carbocycles. The molecule has 0 saturated heterocycles. The quantitative estimate of drug-likeness (QED) is 0.545. The van der Waals surface area contributed by atoms with Crippen LogP contribution in [0.1, 0.15) is 27.8 Å². The summed E-state index contributed by atoms with van der Waals surface area (Å²) in [6.07, 6.45) is 1.47. The Hall–Kier alpha value is -3.74. The number of aromatic amines is 1. The van der Waals surface area contributed by atoms with E-state index in [1.54, 1.807) is 17.8 Å². The molecule has 1 atom stereocenters. The fraction of sp³-hybridized carbons (Fsp3) is 0.143. The van der Waals surface area contributed by atoms with Crippen molar-refractivity contribution in [2.45, 2.75) is 5.92 Å². The van der Waals surface area contributed by atoms with Gasteiger partial charge in [-0.1, -0.05) is 60.7 Å². The molecule has 4 aromatic rings. The van der Waals surface area contributed by atoms with Crippen molar-refractivity contribution in [3.05, 3.63) is 90.1 Å². The van der Waals surface area contributed by atoms with Crippen molar-refractivity contribution in [3.8, 4) is 11.3 Å². The van der Waals surface area contributed by atoms with Gasteiger partial charge in [-0.05, 0) is 11.6 Å². The van der Waals surface area contributed by atoms with Crippen LogP contribution in [-0.2, 0) is 7.05 Å². The number of amides is 1. The Morgan fingerprint density at radius 1 is 1.11 bits per heavy atom. The number of nitrogens with zero attached hydrogens (tertiary/aromatic N) is 4. The normalized spacial score (nSPS) is 11.9. The summed E-state index contributed by atoms with van der Waals surface area (Å²) in [6.45, 7) is 0.393. The Morgan fingerprint density at radius 3 is 2.50 bits per heavy atom. The summed E-state index contributed by atoms with van der Waals surface area (Å²) in [4.78, 5) is 17.1.